The van der Waals surface area contributed by atoms with Crippen molar-refractivity contribution >= 4 is 28.3 Å². The number of aromatic nitrogens is 2. The first-order valence-corrected chi connectivity index (χ1v) is 9.58. The molecule has 0 radical (unpaired) electrons. The maximum Gasteiger partial charge on any atom is 0.224 e. The summed E-state index contributed by atoms with van der Waals surface area (Å²) in [5.41, 5.74) is 9.96. The summed E-state index contributed by atoms with van der Waals surface area (Å²) in [6.45, 7) is 0. The highest BCUT2D eigenvalue weighted by molar-refractivity contribution is 5.98. The van der Waals surface area contributed by atoms with E-state index in [0.717, 1.165) is 48.0 Å². The lowest BCUT2D eigenvalue weighted by Crippen LogP contribution is -2.42. The Balaban J connectivity index is 1.71. The van der Waals surface area contributed by atoms with E-state index in [2.05, 4.69) is 20.6 Å². The van der Waals surface area contributed by atoms with Gasteiger partial charge in [-0.25, -0.2) is 9.37 Å². The van der Waals surface area contributed by atoms with E-state index in [1.165, 1.54) is 12.1 Å². The number of aromatic amines is 1. The molecule has 5 N–H and O–H groups in total. The lowest BCUT2D eigenvalue weighted by molar-refractivity contribution is -0.125. The van der Waals surface area contributed by atoms with E-state index in [0.29, 0.717) is 11.3 Å². The number of nitrogens with zero attached hydrogens (tertiary/aromatic N) is 1. The van der Waals surface area contributed by atoms with Gasteiger partial charge in [0.1, 0.15) is 11.5 Å². The summed E-state index contributed by atoms with van der Waals surface area (Å²) >= 11 is 0. The Labute approximate surface area is 162 Å². The van der Waals surface area contributed by atoms with E-state index in [1.807, 2.05) is 6.07 Å². The lowest BCUT2D eigenvalue weighted by Gasteiger charge is -2.32. The van der Waals surface area contributed by atoms with Gasteiger partial charge in [0.2, 0.25) is 5.91 Å². The number of nitrogen functional groups attached to an aromatic ring is 1. The first-order chi connectivity index (χ1) is 13.6. The molecule has 3 aromatic rings. The summed E-state index contributed by atoms with van der Waals surface area (Å²) in [5, 5.41) is 7.16. The Hall–Kier alpha value is -3.09. The predicted molar refractivity (Wildman–Crippen MR) is 109 cm³/mol. The number of benzene rings is 1. The second-order valence-corrected chi connectivity index (χ2v) is 7.30. The molecule has 1 amide bonds. The fraction of sp³-hybridized carbons (Fsp3) is 0.333. The van der Waals surface area contributed by atoms with Crippen LogP contribution in [-0.4, -0.2) is 29.0 Å². The molecule has 7 heteroatoms. The van der Waals surface area contributed by atoms with Crippen LogP contribution in [0.25, 0.3) is 22.3 Å². The fourth-order valence-corrected chi connectivity index (χ4v) is 4.02. The molecule has 28 heavy (non-hydrogen) atoms. The molecule has 146 valence electrons. The van der Waals surface area contributed by atoms with Gasteiger partial charge in [-0.1, -0.05) is 12.8 Å². The van der Waals surface area contributed by atoms with Gasteiger partial charge in [0.15, 0.2) is 0 Å². The molecule has 6 nitrogen and oxygen atoms in total. The minimum absolute atomic E-state index is 0.0192. The highest BCUT2D eigenvalue weighted by Crippen LogP contribution is 2.35. The van der Waals surface area contributed by atoms with Crippen molar-refractivity contribution in [3.8, 4) is 11.3 Å². The molecule has 1 unspecified atom stereocenters. The normalized spacial score (nSPS) is 19.5. The van der Waals surface area contributed by atoms with Crippen LogP contribution in [0.2, 0.25) is 0 Å². The van der Waals surface area contributed by atoms with Crippen LogP contribution in [0.15, 0.2) is 36.5 Å². The molecule has 0 aliphatic heterocycles. The first kappa shape index (κ1) is 18.3. The van der Waals surface area contributed by atoms with Crippen LogP contribution in [0, 0.1) is 11.7 Å². The molecule has 2 aromatic heterocycles. The van der Waals surface area contributed by atoms with E-state index >= 15 is 0 Å². The summed E-state index contributed by atoms with van der Waals surface area (Å²) in [5.74, 6) is -0.304. The van der Waals surface area contributed by atoms with Gasteiger partial charge >= 0.3 is 0 Å². The van der Waals surface area contributed by atoms with Crippen LogP contribution in [0.5, 0.6) is 0 Å². The van der Waals surface area contributed by atoms with Crippen molar-refractivity contribution in [3.63, 3.8) is 0 Å². The quantitative estimate of drug-likeness (QED) is 0.554. The Morgan fingerprint density at radius 3 is 2.75 bits per heavy atom. The molecule has 2 heterocycles. The average Bonchev–Trinajstić information content (AvgIpc) is 3.15. The molecule has 0 bridgehead atoms. The Bertz CT molecular complexity index is 998. The molecule has 1 aliphatic rings. The van der Waals surface area contributed by atoms with Crippen LogP contribution in [0.3, 0.4) is 0 Å². The maximum atomic E-state index is 13.2. The Morgan fingerprint density at radius 1 is 1.25 bits per heavy atom. The van der Waals surface area contributed by atoms with Crippen molar-refractivity contribution in [3.05, 3.63) is 42.3 Å². The van der Waals surface area contributed by atoms with Gasteiger partial charge in [-0.3, -0.25) is 4.79 Å². The second-order valence-electron chi connectivity index (χ2n) is 7.30. The van der Waals surface area contributed by atoms with E-state index in [9.17, 15) is 9.18 Å². The Morgan fingerprint density at radius 2 is 2.00 bits per heavy atom. The van der Waals surface area contributed by atoms with E-state index in [-0.39, 0.29) is 23.7 Å². The number of fused-ring (bicyclic) bond motifs is 1. The third-order valence-electron chi connectivity index (χ3n) is 5.52. The van der Waals surface area contributed by atoms with E-state index < -0.39 is 0 Å². The average molecular weight is 381 g/mol. The number of hydrogen-bond acceptors (Lipinski definition) is 4. The number of nitrogens with two attached hydrogens (primary N) is 1. The monoisotopic (exact) mass is 381 g/mol. The van der Waals surface area contributed by atoms with Crippen LogP contribution in [-0.2, 0) is 4.79 Å². The smallest absolute Gasteiger partial charge is 0.224 e. The van der Waals surface area contributed by atoms with Crippen LogP contribution in [0.1, 0.15) is 25.7 Å². The number of pyridine rings is 1. The SMILES string of the molecule is CNC(=O)[C@H]1CCCCC1Nc1c(N)cnc2[nH]c(-c3ccc(F)cc3)cc12. The van der Waals surface area contributed by atoms with Gasteiger partial charge in [0, 0.05) is 24.2 Å². The number of hydrogen-bond donors (Lipinski definition) is 4. The second kappa shape index (κ2) is 7.50. The van der Waals surface area contributed by atoms with Gasteiger partial charge < -0.3 is 21.4 Å². The minimum Gasteiger partial charge on any atom is -0.396 e. The highest BCUT2D eigenvalue weighted by atomic mass is 19.1. The topological polar surface area (TPSA) is 95.8 Å². The number of halogens is 1. The minimum atomic E-state index is -0.276. The number of nitrogens with one attached hydrogen (secondary N) is 3. The van der Waals surface area contributed by atoms with Gasteiger partial charge in [0.05, 0.1) is 23.5 Å². The summed E-state index contributed by atoms with van der Waals surface area (Å²) in [4.78, 5) is 20.0. The largest absolute Gasteiger partial charge is 0.396 e. The number of amides is 1. The standard InChI is InChI=1S/C21H24FN5O/c1-24-21(28)14-4-2-3-5-17(14)26-19-15-10-18(12-6-8-13(22)9-7-12)27-20(15)25-11-16(19)23/h6-11,14,17H,2-5,23H2,1H3,(H,24,28)(H2,25,26,27)/t14-,17?/m0/s1. The van der Waals surface area contributed by atoms with Crippen molar-refractivity contribution in [1.29, 1.82) is 0 Å². The summed E-state index contributed by atoms with van der Waals surface area (Å²) in [7, 11) is 1.67. The zero-order chi connectivity index (χ0) is 19.7. The van der Waals surface area contributed by atoms with Crippen LogP contribution in [0.4, 0.5) is 15.8 Å². The first-order valence-electron chi connectivity index (χ1n) is 9.58. The predicted octanol–water partition coefficient (Wildman–Crippen LogP) is 3.67. The number of carbonyl (C=O) groups is 1. The summed E-state index contributed by atoms with van der Waals surface area (Å²) < 4.78 is 13.2. The maximum absolute atomic E-state index is 13.2. The highest BCUT2D eigenvalue weighted by Gasteiger charge is 2.31. The van der Waals surface area contributed by atoms with Crippen molar-refractivity contribution in [2.45, 2.75) is 31.7 Å². The van der Waals surface area contributed by atoms with E-state index in [4.69, 9.17) is 5.73 Å². The van der Waals surface area contributed by atoms with Gasteiger partial charge in [-0.2, -0.15) is 0 Å². The molecule has 4 rings (SSSR count). The number of H-pyrrole nitrogens is 1. The van der Waals surface area contributed by atoms with Crippen LogP contribution < -0.4 is 16.4 Å². The zero-order valence-electron chi connectivity index (χ0n) is 15.8. The molecule has 1 aliphatic carbocycles. The molecule has 0 spiro atoms. The molecule has 0 saturated heterocycles. The van der Waals surface area contributed by atoms with E-state index in [1.54, 1.807) is 25.4 Å². The zero-order valence-corrected chi connectivity index (χ0v) is 15.8. The van der Waals surface area contributed by atoms with Gasteiger partial charge in [0.25, 0.3) is 0 Å². The molecule has 1 fully saturated rings. The van der Waals surface area contributed by atoms with Gasteiger partial charge in [-0.05, 0) is 48.7 Å². The van der Waals surface area contributed by atoms with Crippen molar-refractivity contribution < 1.29 is 9.18 Å². The fourth-order valence-electron chi connectivity index (χ4n) is 4.02. The third-order valence-corrected chi connectivity index (χ3v) is 5.52. The van der Waals surface area contributed by atoms with Gasteiger partial charge in [-0.15, -0.1) is 0 Å². The number of carbonyl (C=O) groups excluding carboxylic acids is 1. The number of rotatable bonds is 4. The number of anilines is 2. The molecule has 1 aromatic carbocycles. The molecular formula is C21H24FN5O. The van der Waals surface area contributed by atoms with Crippen molar-refractivity contribution in [2.24, 2.45) is 5.92 Å². The third kappa shape index (κ3) is 3.40. The van der Waals surface area contributed by atoms with Crippen molar-refractivity contribution in [1.82, 2.24) is 15.3 Å². The molecule has 1 saturated carbocycles. The molecular weight excluding hydrogens is 357 g/mol. The lowest BCUT2D eigenvalue weighted by atomic mass is 9.83. The molecule has 2 atom stereocenters. The Kier molecular flexibility index (Phi) is 4.90. The van der Waals surface area contributed by atoms with Crippen LogP contribution >= 0.6 is 0 Å². The van der Waals surface area contributed by atoms with Crippen molar-refractivity contribution in [2.75, 3.05) is 18.1 Å². The summed E-state index contributed by atoms with van der Waals surface area (Å²) in [6, 6.07) is 8.28. The summed E-state index contributed by atoms with van der Waals surface area (Å²) in [6.07, 6.45) is 5.52.